The third-order valence-corrected chi connectivity index (χ3v) is 7.79. The molecule has 2 aliphatic rings. The number of ether oxygens (including phenoxy) is 1. The van der Waals surface area contributed by atoms with Crippen LogP contribution < -0.4 is 15.0 Å². The molecule has 1 aliphatic heterocycles. The summed E-state index contributed by atoms with van der Waals surface area (Å²) in [4.78, 5) is 29.7. The van der Waals surface area contributed by atoms with E-state index < -0.39 is 12.0 Å². The number of fused-ring (bicyclic) bond motifs is 2. The molecule has 0 fully saturated rings. The summed E-state index contributed by atoms with van der Waals surface area (Å²) in [7, 11) is 0. The Morgan fingerprint density at radius 2 is 1.70 bits per heavy atom. The largest absolute Gasteiger partial charge is 0.494 e. The molecule has 0 saturated heterocycles. The summed E-state index contributed by atoms with van der Waals surface area (Å²) < 4.78 is 19.6. The fourth-order valence-electron chi connectivity index (χ4n) is 5.71. The Balaban J connectivity index is 1.60. The van der Waals surface area contributed by atoms with E-state index in [9.17, 15) is 14.0 Å². The van der Waals surface area contributed by atoms with Crippen LogP contribution in [0.15, 0.2) is 84.6 Å². The van der Waals surface area contributed by atoms with E-state index in [1.165, 1.54) is 12.1 Å². The van der Waals surface area contributed by atoms with Crippen LogP contribution in [0.2, 0.25) is 0 Å². The van der Waals surface area contributed by atoms with Crippen LogP contribution in [0.1, 0.15) is 69.5 Å². The number of rotatable bonds is 8. The quantitative estimate of drug-likeness (QED) is 0.296. The second kappa shape index (κ2) is 12.1. The van der Waals surface area contributed by atoms with Gasteiger partial charge in [0.2, 0.25) is 5.91 Å². The number of hydrogen-bond acceptors (Lipinski definition) is 4. The number of amides is 1. The second-order valence-electron chi connectivity index (χ2n) is 11.0. The number of allylic oxidation sites excluding steroid dienone is 1. The normalized spacial score (nSPS) is 20.2. The number of unbranched alkanes of at least 4 members (excludes halogenated alkanes) is 2. The van der Waals surface area contributed by atoms with Crippen molar-refractivity contribution in [3.05, 3.63) is 102 Å². The van der Waals surface area contributed by atoms with Gasteiger partial charge in [-0.15, -0.1) is 0 Å². The van der Waals surface area contributed by atoms with Gasteiger partial charge >= 0.3 is 0 Å². The van der Waals surface area contributed by atoms with Gasteiger partial charge in [-0.1, -0.05) is 76.1 Å². The van der Waals surface area contributed by atoms with Crippen LogP contribution in [-0.2, 0) is 9.59 Å². The molecule has 0 unspecified atom stereocenters. The van der Waals surface area contributed by atoms with E-state index in [4.69, 9.17) is 4.74 Å². The molecule has 0 spiro atoms. The fourth-order valence-corrected chi connectivity index (χ4v) is 5.71. The summed E-state index contributed by atoms with van der Waals surface area (Å²) in [6.07, 6.45) is 5.61. The first kappa shape index (κ1) is 27.6. The van der Waals surface area contributed by atoms with Crippen LogP contribution in [0.25, 0.3) is 0 Å². The van der Waals surface area contributed by atoms with E-state index in [-0.39, 0.29) is 35.8 Å². The Bertz CT molecular complexity index is 1380. The maximum Gasteiger partial charge on any atom is 0.230 e. The van der Waals surface area contributed by atoms with Gasteiger partial charge in [0.25, 0.3) is 0 Å². The number of nitrogens with one attached hydrogen (secondary N) is 1. The molecule has 6 heteroatoms. The minimum absolute atomic E-state index is 0.0404. The van der Waals surface area contributed by atoms with Crippen LogP contribution >= 0.6 is 0 Å². The predicted octanol–water partition coefficient (Wildman–Crippen LogP) is 7.81. The van der Waals surface area contributed by atoms with Gasteiger partial charge in [-0.05, 0) is 53.9 Å². The first-order valence-electron chi connectivity index (χ1n) is 14.3. The number of para-hydroxylation sites is 2. The molecule has 0 saturated carbocycles. The zero-order valence-corrected chi connectivity index (χ0v) is 23.4. The molecule has 208 valence electrons. The molecule has 1 heterocycles. The maximum atomic E-state index is 14.1. The molecule has 3 aromatic rings. The lowest BCUT2D eigenvalue weighted by Gasteiger charge is -2.38. The summed E-state index contributed by atoms with van der Waals surface area (Å²) in [6.45, 7) is 6.59. The summed E-state index contributed by atoms with van der Waals surface area (Å²) in [6, 6.07) is 21.3. The number of benzene rings is 3. The molecule has 1 N–H and O–H groups in total. The van der Waals surface area contributed by atoms with Gasteiger partial charge in [0.05, 0.1) is 29.9 Å². The van der Waals surface area contributed by atoms with E-state index >= 15 is 0 Å². The average Bonchev–Trinajstić information content (AvgIpc) is 3.10. The Morgan fingerprint density at radius 3 is 2.40 bits per heavy atom. The minimum Gasteiger partial charge on any atom is -0.494 e. The summed E-state index contributed by atoms with van der Waals surface area (Å²) in [5.41, 5.74) is 4.04. The highest BCUT2D eigenvalue weighted by molar-refractivity contribution is 6.02. The lowest BCUT2D eigenvalue weighted by atomic mass is 9.76. The van der Waals surface area contributed by atoms with Crippen molar-refractivity contribution in [2.45, 2.75) is 58.4 Å². The van der Waals surface area contributed by atoms with Crippen molar-refractivity contribution in [2.24, 2.45) is 11.8 Å². The second-order valence-corrected chi connectivity index (χ2v) is 11.0. The molecule has 0 aromatic heterocycles. The number of ketones is 1. The van der Waals surface area contributed by atoms with Gasteiger partial charge in [0, 0.05) is 24.0 Å². The van der Waals surface area contributed by atoms with Crippen molar-refractivity contribution in [3.63, 3.8) is 0 Å². The topological polar surface area (TPSA) is 58.6 Å². The molecule has 1 aliphatic carbocycles. The number of carbonyl (C=O) groups is 2. The summed E-state index contributed by atoms with van der Waals surface area (Å²) >= 11 is 0. The summed E-state index contributed by atoms with van der Waals surface area (Å²) in [5.74, 6) is -0.580. The molecule has 1 amide bonds. The number of halogens is 1. The third kappa shape index (κ3) is 5.67. The summed E-state index contributed by atoms with van der Waals surface area (Å²) in [5, 5.41) is 3.53. The monoisotopic (exact) mass is 540 g/mol. The molecule has 5 rings (SSSR count). The predicted molar refractivity (Wildman–Crippen MR) is 157 cm³/mol. The van der Waals surface area contributed by atoms with Crippen molar-refractivity contribution in [2.75, 3.05) is 16.8 Å². The Morgan fingerprint density at radius 1 is 1.00 bits per heavy atom. The smallest absolute Gasteiger partial charge is 0.230 e. The molecule has 3 aromatic carbocycles. The van der Waals surface area contributed by atoms with Crippen LogP contribution in [-0.4, -0.2) is 18.3 Å². The van der Waals surface area contributed by atoms with E-state index in [0.29, 0.717) is 6.61 Å². The molecular formula is C34H37FN2O3. The Labute approximate surface area is 236 Å². The molecule has 3 atom stereocenters. The van der Waals surface area contributed by atoms with Crippen LogP contribution in [0.3, 0.4) is 0 Å². The Kier molecular flexibility index (Phi) is 8.34. The zero-order chi connectivity index (χ0) is 28.2. The van der Waals surface area contributed by atoms with Gasteiger partial charge in [-0.25, -0.2) is 4.39 Å². The van der Waals surface area contributed by atoms with E-state index in [2.05, 4.69) is 18.3 Å². The fraction of sp³-hybridized carbons (Fsp3) is 0.353. The average molecular weight is 541 g/mol. The van der Waals surface area contributed by atoms with Crippen molar-refractivity contribution >= 4 is 23.1 Å². The third-order valence-electron chi connectivity index (χ3n) is 7.79. The van der Waals surface area contributed by atoms with Crippen LogP contribution in [0.4, 0.5) is 15.8 Å². The van der Waals surface area contributed by atoms with Crippen molar-refractivity contribution < 1.29 is 18.7 Å². The molecule has 0 radical (unpaired) electrons. The Hall–Kier alpha value is -3.93. The zero-order valence-electron chi connectivity index (χ0n) is 23.4. The van der Waals surface area contributed by atoms with Crippen LogP contribution in [0.5, 0.6) is 5.75 Å². The number of hydrogen-bond donors (Lipinski definition) is 1. The van der Waals surface area contributed by atoms with Crippen molar-refractivity contribution in [3.8, 4) is 5.75 Å². The number of carbonyl (C=O) groups excluding carboxylic acids is 2. The van der Waals surface area contributed by atoms with E-state index in [1.54, 1.807) is 12.1 Å². The molecule has 5 nitrogen and oxygen atoms in total. The lowest BCUT2D eigenvalue weighted by Crippen LogP contribution is -2.44. The molecule has 0 bridgehead atoms. The van der Waals surface area contributed by atoms with Gasteiger partial charge < -0.3 is 15.0 Å². The number of anilines is 2. The minimum atomic E-state index is -0.580. The van der Waals surface area contributed by atoms with Gasteiger partial charge in [0.1, 0.15) is 17.3 Å². The SMILES string of the molecule is CCCCCOc1ccc([C@H]2[C@@H]3C(=O)C[C@H](c4ccc(F)cc4)C=C3Nc3ccccc3N2C(=O)C(C)C)cc1. The maximum absolute atomic E-state index is 14.1. The highest BCUT2D eigenvalue weighted by Crippen LogP contribution is 2.48. The van der Waals surface area contributed by atoms with Gasteiger partial charge in [-0.2, -0.15) is 0 Å². The van der Waals surface area contributed by atoms with Crippen LogP contribution in [0, 0.1) is 17.7 Å². The number of nitrogens with zero attached hydrogens (tertiary/aromatic N) is 1. The van der Waals surface area contributed by atoms with Gasteiger partial charge in [-0.3, -0.25) is 9.59 Å². The molecular weight excluding hydrogens is 503 g/mol. The standard InChI is InChI=1S/C34H37FN2O3/c1-4-5-8-19-40-27-17-13-24(14-18-27)33-32-29(20-25(21-31(32)38)23-11-15-26(35)16-12-23)36-28-9-6-7-10-30(28)37(33)34(39)22(2)3/h6-7,9-18,20,22,25,32-33,36H,4-5,8,19,21H2,1-3H3/t25-,32+,33+/m1/s1. The van der Waals surface area contributed by atoms with E-state index in [1.807, 2.05) is 67.3 Å². The lowest BCUT2D eigenvalue weighted by molar-refractivity contribution is -0.124. The first-order chi connectivity index (χ1) is 19.4. The highest BCUT2D eigenvalue weighted by Gasteiger charge is 2.45. The van der Waals surface area contributed by atoms with Crippen molar-refractivity contribution in [1.29, 1.82) is 0 Å². The van der Waals surface area contributed by atoms with Crippen molar-refractivity contribution in [1.82, 2.24) is 0 Å². The first-order valence-corrected chi connectivity index (χ1v) is 14.3. The highest BCUT2D eigenvalue weighted by atomic mass is 19.1. The van der Waals surface area contributed by atoms with E-state index in [0.717, 1.165) is 53.2 Å². The number of Topliss-reactive ketones (excluding diaryl/α,β-unsaturated/α-hetero) is 1. The van der Waals surface area contributed by atoms with Gasteiger partial charge in [0.15, 0.2) is 0 Å². The molecule has 40 heavy (non-hydrogen) atoms.